The van der Waals surface area contributed by atoms with Crippen molar-refractivity contribution in [1.82, 2.24) is 24.5 Å². The lowest BCUT2D eigenvalue weighted by atomic mass is 10.4. The van der Waals surface area contributed by atoms with Crippen molar-refractivity contribution in [2.75, 3.05) is 61.2 Å². The van der Waals surface area contributed by atoms with Crippen molar-refractivity contribution in [3.8, 4) is 0 Å². The molecule has 3 heterocycles. The zero-order valence-electron chi connectivity index (χ0n) is 10.8. The Balaban J connectivity index is 0.00000108. The van der Waals surface area contributed by atoms with Gasteiger partial charge in [0, 0.05) is 0 Å². The van der Waals surface area contributed by atoms with Crippen molar-refractivity contribution in [2.24, 2.45) is 0 Å². The van der Waals surface area contributed by atoms with Crippen molar-refractivity contribution in [3.63, 3.8) is 0 Å². The SMILES string of the molecule is CN1CN2CN(C)C[N+]3=C2N(C1)CN(C)C3.[Cl-]. The van der Waals surface area contributed by atoms with Crippen LogP contribution < -0.4 is 12.4 Å². The molecule has 3 aliphatic rings. The molecule has 6 nitrogen and oxygen atoms in total. The van der Waals surface area contributed by atoms with E-state index in [-0.39, 0.29) is 12.4 Å². The molecule has 7 heteroatoms. The van der Waals surface area contributed by atoms with Crippen molar-refractivity contribution in [3.05, 3.63) is 0 Å². The van der Waals surface area contributed by atoms with E-state index in [2.05, 4.69) is 50.2 Å². The molecule has 0 spiro atoms. The molecule has 0 saturated carbocycles. The second-order valence-electron chi connectivity index (χ2n) is 5.34. The van der Waals surface area contributed by atoms with Gasteiger partial charge in [-0.3, -0.25) is 0 Å². The predicted octanol–water partition coefficient (Wildman–Crippen LogP) is -4.46. The molecule has 0 aliphatic carbocycles. The molecule has 0 unspecified atom stereocenters. The van der Waals surface area contributed by atoms with Gasteiger partial charge in [0.1, 0.15) is 40.0 Å². The molecule has 1 saturated heterocycles. The Morgan fingerprint density at radius 3 is 1.65 bits per heavy atom. The first-order valence-electron chi connectivity index (χ1n) is 5.81. The van der Waals surface area contributed by atoms with E-state index in [4.69, 9.17) is 0 Å². The third-order valence-corrected chi connectivity index (χ3v) is 3.32. The van der Waals surface area contributed by atoms with E-state index in [0.717, 1.165) is 40.0 Å². The number of nitrogens with zero attached hydrogens (tertiary/aromatic N) is 6. The average Bonchev–Trinajstić information content (AvgIpc) is 2.14. The number of hydrogen-bond acceptors (Lipinski definition) is 5. The molecular formula is C10H21ClN6. The average molecular weight is 261 g/mol. The van der Waals surface area contributed by atoms with Crippen LogP contribution >= 0.6 is 0 Å². The third kappa shape index (κ3) is 2.22. The van der Waals surface area contributed by atoms with Crippen LogP contribution in [0.15, 0.2) is 0 Å². The summed E-state index contributed by atoms with van der Waals surface area (Å²) in [6.45, 7) is 6.23. The van der Waals surface area contributed by atoms with E-state index in [0.29, 0.717) is 0 Å². The van der Waals surface area contributed by atoms with Crippen LogP contribution in [0.3, 0.4) is 0 Å². The van der Waals surface area contributed by atoms with Gasteiger partial charge in [-0.2, -0.15) is 0 Å². The summed E-state index contributed by atoms with van der Waals surface area (Å²) in [5, 5.41) is 0. The Bertz CT molecular complexity index is 305. The largest absolute Gasteiger partial charge is 1.00 e. The molecule has 1 fully saturated rings. The molecule has 0 radical (unpaired) electrons. The van der Waals surface area contributed by atoms with Gasteiger partial charge < -0.3 is 12.4 Å². The predicted molar refractivity (Wildman–Crippen MR) is 61.4 cm³/mol. The standard InChI is InChI=1S/C10H21N6.ClH/c1-11-4-14-6-12(2)8-16-9-13(3)7-15(5-11)10(14)16;/h4-9H2,1-3H3;1H/q+1;/p-1. The van der Waals surface area contributed by atoms with Crippen molar-refractivity contribution < 1.29 is 17.0 Å². The summed E-state index contributed by atoms with van der Waals surface area (Å²) in [6, 6.07) is 0. The first-order valence-corrected chi connectivity index (χ1v) is 5.81. The summed E-state index contributed by atoms with van der Waals surface area (Å²) in [5.41, 5.74) is 0. The van der Waals surface area contributed by atoms with Gasteiger partial charge in [0.15, 0.2) is 0 Å². The first kappa shape index (κ1) is 12.9. The topological polar surface area (TPSA) is 19.2 Å². The Labute approximate surface area is 109 Å². The summed E-state index contributed by atoms with van der Waals surface area (Å²) in [4.78, 5) is 12.0. The van der Waals surface area contributed by atoms with Crippen LogP contribution in [-0.2, 0) is 0 Å². The van der Waals surface area contributed by atoms with Crippen LogP contribution in [0.1, 0.15) is 0 Å². The molecule has 98 valence electrons. The molecule has 0 aromatic rings. The Morgan fingerprint density at radius 2 is 1.18 bits per heavy atom. The maximum atomic E-state index is 2.46. The minimum absolute atomic E-state index is 0. The zero-order valence-corrected chi connectivity index (χ0v) is 11.6. The molecule has 3 aliphatic heterocycles. The van der Waals surface area contributed by atoms with E-state index < -0.39 is 0 Å². The lowest BCUT2D eigenvalue weighted by Crippen LogP contribution is -3.00. The maximum Gasteiger partial charge on any atom is 0.356 e. The molecule has 3 rings (SSSR count). The quantitative estimate of drug-likeness (QED) is 0.408. The van der Waals surface area contributed by atoms with E-state index in [1.54, 1.807) is 0 Å². The minimum Gasteiger partial charge on any atom is -1.00 e. The maximum absolute atomic E-state index is 2.46. The monoisotopic (exact) mass is 260 g/mol. The zero-order chi connectivity index (χ0) is 11.3. The molecule has 0 atom stereocenters. The molecule has 0 bridgehead atoms. The fraction of sp³-hybridized carbons (Fsp3) is 0.900. The second-order valence-corrected chi connectivity index (χ2v) is 5.34. The van der Waals surface area contributed by atoms with Gasteiger partial charge >= 0.3 is 5.96 Å². The van der Waals surface area contributed by atoms with Gasteiger partial charge in [0.2, 0.25) is 0 Å². The fourth-order valence-electron chi connectivity index (χ4n) is 3.00. The van der Waals surface area contributed by atoms with Gasteiger partial charge in [-0.1, -0.05) is 0 Å². The summed E-state index contributed by atoms with van der Waals surface area (Å²) >= 11 is 0. The van der Waals surface area contributed by atoms with E-state index in [1.807, 2.05) is 0 Å². The Morgan fingerprint density at radius 1 is 0.765 bits per heavy atom. The highest BCUT2D eigenvalue weighted by Gasteiger charge is 2.42. The van der Waals surface area contributed by atoms with Gasteiger partial charge in [-0.15, -0.1) is 0 Å². The second kappa shape index (κ2) is 4.61. The summed E-state index contributed by atoms with van der Waals surface area (Å²) in [7, 11) is 6.55. The van der Waals surface area contributed by atoms with Crippen molar-refractivity contribution >= 4 is 5.96 Å². The highest BCUT2D eigenvalue weighted by molar-refractivity contribution is 5.76. The molecule has 0 aromatic heterocycles. The molecule has 17 heavy (non-hydrogen) atoms. The smallest absolute Gasteiger partial charge is 0.356 e. The Hall–Kier alpha value is -0.560. The first-order chi connectivity index (χ1) is 7.63. The summed E-state index contributed by atoms with van der Waals surface area (Å²) in [6.07, 6.45) is 0. The highest BCUT2D eigenvalue weighted by Crippen LogP contribution is 2.16. The van der Waals surface area contributed by atoms with Gasteiger partial charge in [0.25, 0.3) is 0 Å². The van der Waals surface area contributed by atoms with Crippen LogP contribution in [0.25, 0.3) is 0 Å². The number of guanidine groups is 1. The van der Waals surface area contributed by atoms with Crippen molar-refractivity contribution in [2.45, 2.75) is 0 Å². The van der Waals surface area contributed by atoms with Crippen molar-refractivity contribution in [1.29, 1.82) is 0 Å². The fourth-order valence-corrected chi connectivity index (χ4v) is 3.00. The van der Waals surface area contributed by atoms with Gasteiger partial charge in [-0.25, -0.2) is 29.1 Å². The molecular weight excluding hydrogens is 240 g/mol. The molecule has 0 aromatic carbocycles. The lowest BCUT2D eigenvalue weighted by Gasteiger charge is -2.46. The summed E-state index contributed by atoms with van der Waals surface area (Å²) in [5.74, 6) is 1.43. The van der Waals surface area contributed by atoms with E-state index in [9.17, 15) is 0 Å². The van der Waals surface area contributed by atoms with Gasteiger partial charge in [-0.05, 0) is 21.1 Å². The van der Waals surface area contributed by atoms with E-state index in [1.165, 1.54) is 5.96 Å². The third-order valence-electron chi connectivity index (χ3n) is 3.32. The molecule has 0 N–H and O–H groups in total. The highest BCUT2D eigenvalue weighted by atomic mass is 35.5. The van der Waals surface area contributed by atoms with Crippen LogP contribution in [0.5, 0.6) is 0 Å². The van der Waals surface area contributed by atoms with Crippen LogP contribution in [0.4, 0.5) is 0 Å². The number of rotatable bonds is 0. The number of hydrogen-bond donors (Lipinski definition) is 0. The summed E-state index contributed by atoms with van der Waals surface area (Å²) < 4.78 is 2.46. The van der Waals surface area contributed by atoms with Crippen LogP contribution in [-0.4, -0.2) is 96.2 Å². The number of halogens is 1. The minimum atomic E-state index is 0. The lowest BCUT2D eigenvalue weighted by molar-refractivity contribution is -0.594. The Kier molecular flexibility index (Phi) is 3.49. The van der Waals surface area contributed by atoms with Gasteiger partial charge in [0.05, 0.1) is 0 Å². The normalized spacial score (nSPS) is 27.0. The van der Waals surface area contributed by atoms with Crippen LogP contribution in [0, 0.1) is 0 Å². The van der Waals surface area contributed by atoms with Crippen LogP contribution in [0.2, 0.25) is 0 Å². The molecule has 0 amide bonds. The van der Waals surface area contributed by atoms with E-state index >= 15 is 0 Å².